The highest BCUT2D eigenvalue weighted by Crippen LogP contribution is 2.23. The Labute approximate surface area is 141 Å². The van der Waals surface area contributed by atoms with E-state index in [2.05, 4.69) is 15.8 Å². The number of halogens is 1. The SMILES string of the molecule is C/C(CC(=O)Nc1ccc(Cl)cc1)=N/NC(=O)C1CCCCC1. The molecule has 2 N–H and O–H groups in total. The number of hydrazone groups is 1. The molecule has 0 atom stereocenters. The number of amides is 2. The number of carbonyl (C=O) groups is 2. The van der Waals surface area contributed by atoms with Crippen LogP contribution in [0.2, 0.25) is 5.02 Å². The summed E-state index contributed by atoms with van der Waals surface area (Å²) in [5.74, 6) is -0.161. The summed E-state index contributed by atoms with van der Waals surface area (Å²) in [6, 6.07) is 6.89. The van der Waals surface area contributed by atoms with Crippen molar-refractivity contribution in [2.24, 2.45) is 11.0 Å². The Kier molecular flexibility index (Phi) is 6.59. The largest absolute Gasteiger partial charge is 0.326 e. The molecule has 0 unspecified atom stereocenters. The van der Waals surface area contributed by atoms with Crippen LogP contribution >= 0.6 is 11.6 Å². The zero-order chi connectivity index (χ0) is 16.7. The maximum absolute atomic E-state index is 12.0. The highest BCUT2D eigenvalue weighted by Gasteiger charge is 2.20. The molecule has 1 aliphatic rings. The Bertz CT molecular complexity index is 578. The van der Waals surface area contributed by atoms with Gasteiger partial charge in [0, 0.05) is 22.3 Å². The first-order chi connectivity index (χ1) is 11.0. The normalized spacial score (nSPS) is 16.0. The Hall–Kier alpha value is -1.88. The molecule has 0 bridgehead atoms. The number of carbonyl (C=O) groups excluding carboxylic acids is 2. The Morgan fingerprint density at radius 1 is 1.17 bits per heavy atom. The average molecular weight is 336 g/mol. The fourth-order valence-electron chi connectivity index (χ4n) is 2.62. The Morgan fingerprint density at radius 3 is 2.48 bits per heavy atom. The van der Waals surface area contributed by atoms with Crippen molar-refractivity contribution >= 4 is 34.8 Å². The van der Waals surface area contributed by atoms with Crippen LogP contribution in [0.3, 0.4) is 0 Å². The van der Waals surface area contributed by atoms with Gasteiger partial charge in [0.05, 0.1) is 6.42 Å². The summed E-state index contributed by atoms with van der Waals surface area (Å²) in [6.45, 7) is 1.72. The molecule has 2 rings (SSSR count). The minimum Gasteiger partial charge on any atom is -0.326 e. The van der Waals surface area contributed by atoms with Gasteiger partial charge in [-0.2, -0.15) is 5.10 Å². The summed E-state index contributed by atoms with van der Waals surface area (Å²) in [7, 11) is 0. The van der Waals surface area contributed by atoms with Gasteiger partial charge in [0.25, 0.3) is 0 Å². The van der Waals surface area contributed by atoms with Gasteiger partial charge in [-0.05, 0) is 44.0 Å². The summed E-state index contributed by atoms with van der Waals surface area (Å²) in [6.07, 6.45) is 5.40. The fraction of sp³-hybridized carbons (Fsp3) is 0.471. The molecular formula is C17H22ClN3O2. The van der Waals surface area contributed by atoms with Crippen LogP contribution in [0.1, 0.15) is 45.4 Å². The number of hydrogen-bond acceptors (Lipinski definition) is 3. The van der Waals surface area contributed by atoms with Crippen LogP contribution in [-0.4, -0.2) is 17.5 Å². The van der Waals surface area contributed by atoms with Crippen LogP contribution in [0.15, 0.2) is 29.4 Å². The van der Waals surface area contributed by atoms with Crippen LogP contribution in [0.25, 0.3) is 0 Å². The standard InChI is InChI=1S/C17H22ClN3O2/c1-12(20-21-17(23)13-5-3-2-4-6-13)11-16(22)19-15-9-7-14(18)8-10-15/h7-10,13H,2-6,11H2,1H3,(H,19,22)(H,21,23)/b20-12-. The van der Waals surface area contributed by atoms with Crippen molar-refractivity contribution in [1.82, 2.24) is 5.43 Å². The number of nitrogens with zero attached hydrogens (tertiary/aromatic N) is 1. The molecule has 1 saturated carbocycles. The van der Waals surface area contributed by atoms with E-state index in [-0.39, 0.29) is 24.2 Å². The number of hydrogen-bond donors (Lipinski definition) is 2. The topological polar surface area (TPSA) is 70.6 Å². The molecule has 5 nitrogen and oxygen atoms in total. The average Bonchev–Trinajstić information content (AvgIpc) is 2.55. The molecule has 23 heavy (non-hydrogen) atoms. The van der Waals surface area contributed by atoms with Gasteiger partial charge < -0.3 is 5.32 Å². The van der Waals surface area contributed by atoms with Crippen molar-refractivity contribution < 1.29 is 9.59 Å². The van der Waals surface area contributed by atoms with Gasteiger partial charge in [-0.3, -0.25) is 9.59 Å². The minimum atomic E-state index is -0.180. The monoisotopic (exact) mass is 335 g/mol. The van der Waals surface area contributed by atoms with E-state index in [1.807, 2.05) is 0 Å². The summed E-state index contributed by atoms with van der Waals surface area (Å²) < 4.78 is 0. The quantitative estimate of drug-likeness (QED) is 0.635. The van der Waals surface area contributed by atoms with E-state index in [0.717, 1.165) is 25.7 Å². The number of rotatable bonds is 5. The highest BCUT2D eigenvalue weighted by atomic mass is 35.5. The molecule has 1 aromatic carbocycles. The Morgan fingerprint density at radius 2 is 1.83 bits per heavy atom. The fourth-order valence-corrected chi connectivity index (χ4v) is 2.74. The Balaban J connectivity index is 1.78. The van der Waals surface area contributed by atoms with Gasteiger partial charge in [0.2, 0.25) is 11.8 Å². The minimum absolute atomic E-state index is 0.0397. The number of benzene rings is 1. The summed E-state index contributed by atoms with van der Waals surface area (Å²) in [5.41, 5.74) is 3.83. The third-order valence-electron chi connectivity index (χ3n) is 3.88. The maximum atomic E-state index is 12.0. The molecule has 0 aliphatic heterocycles. The van der Waals surface area contributed by atoms with Crippen LogP contribution in [0, 0.1) is 5.92 Å². The van der Waals surface area contributed by atoms with Gasteiger partial charge >= 0.3 is 0 Å². The van der Waals surface area contributed by atoms with Gasteiger partial charge in [0.15, 0.2) is 0 Å². The van der Waals surface area contributed by atoms with E-state index in [0.29, 0.717) is 16.4 Å². The highest BCUT2D eigenvalue weighted by molar-refractivity contribution is 6.30. The second-order valence-corrected chi connectivity index (χ2v) is 6.33. The van der Waals surface area contributed by atoms with E-state index in [1.165, 1.54) is 6.42 Å². The van der Waals surface area contributed by atoms with Gasteiger partial charge in [0.1, 0.15) is 0 Å². The summed E-state index contributed by atoms with van der Waals surface area (Å²) in [4.78, 5) is 23.9. The van der Waals surface area contributed by atoms with Crippen molar-refractivity contribution in [3.8, 4) is 0 Å². The zero-order valence-corrected chi connectivity index (χ0v) is 14.0. The maximum Gasteiger partial charge on any atom is 0.243 e. The lowest BCUT2D eigenvalue weighted by Gasteiger charge is -2.19. The third kappa shape index (κ3) is 6.02. The molecule has 0 saturated heterocycles. The number of anilines is 1. The van der Waals surface area contributed by atoms with Crippen LogP contribution in [-0.2, 0) is 9.59 Å². The van der Waals surface area contributed by atoms with Crippen LogP contribution < -0.4 is 10.7 Å². The molecule has 0 radical (unpaired) electrons. The predicted octanol–water partition coefficient (Wildman–Crippen LogP) is 3.74. The molecule has 6 heteroatoms. The van der Waals surface area contributed by atoms with Crippen molar-refractivity contribution in [1.29, 1.82) is 0 Å². The molecule has 0 spiro atoms. The van der Waals surface area contributed by atoms with E-state index in [9.17, 15) is 9.59 Å². The van der Waals surface area contributed by atoms with Crippen molar-refractivity contribution in [2.45, 2.75) is 45.4 Å². The molecule has 124 valence electrons. The lowest BCUT2D eigenvalue weighted by atomic mass is 9.89. The van der Waals surface area contributed by atoms with E-state index in [1.54, 1.807) is 31.2 Å². The third-order valence-corrected chi connectivity index (χ3v) is 4.13. The second-order valence-electron chi connectivity index (χ2n) is 5.89. The predicted molar refractivity (Wildman–Crippen MR) is 92.5 cm³/mol. The van der Waals surface area contributed by atoms with Crippen molar-refractivity contribution in [2.75, 3.05) is 5.32 Å². The smallest absolute Gasteiger partial charge is 0.243 e. The molecule has 1 fully saturated rings. The van der Waals surface area contributed by atoms with E-state index < -0.39 is 0 Å². The molecule has 1 aliphatic carbocycles. The second kappa shape index (κ2) is 8.67. The molecule has 1 aromatic rings. The molecular weight excluding hydrogens is 314 g/mol. The van der Waals surface area contributed by atoms with E-state index >= 15 is 0 Å². The lowest BCUT2D eigenvalue weighted by molar-refractivity contribution is -0.126. The van der Waals surface area contributed by atoms with Gasteiger partial charge in [-0.25, -0.2) is 5.43 Å². The van der Waals surface area contributed by atoms with Crippen LogP contribution in [0.4, 0.5) is 5.69 Å². The molecule has 2 amide bonds. The summed E-state index contributed by atoms with van der Waals surface area (Å²) >= 11 is 5.80. The van der Waals surface area contributed by atoms with Crippen LogP contribution in [0.5, 0.6) is 0 Å². The lowest BCUT2D eigenvalue weighted by Crippen LogP contribution is -2.29. The van der Waals surface area contributed by atoms with Gasteiger partial charge in [-0.15, -0.1) is 0 Å². The van der Waals surface area contributed by atoms with E-state index in [4.69, 9.17) is 11.6 Å². The van der Waals surface area contributed by atoms with Crippen molar-refractivity contribution in [3.05, 3.63) is 29.3 Å². The first-order valence-corrected chi connectivity index (χ1v) is 8.31. The number of nitrogens with one attached hydrogen (secondary N) is 2. The molecule has 0 aromatic heterocycles. The molecule has 0 heterocycles. The van der Waals surface area contributed by atoms with Gasteiger partial charge in [-0.1, -0.05) is 30.9 Å². The summed E-state index contributed by atoms with van der Waals surface area (Å²) in [5, 5.41) is 7.41. The first-order valence-electron chi connectivity index (χ1n) is 7.93. The first kappa shape index (κ1) is 17.5. The van der Waals surface area contributed by atoms with Crippen molar-refractivity contribution in [3.63, 3.8) is 0 Å². The zero-order valence-electron chi connectivity index (χ0n) is 13.3.